The molecule has 7 heteroatoms. The number of anilines is 2. The number of aromatic nitrogens is 4. The summed E-state index contributed by atoms with van der Waals surface area (Å²) in [6.07, 6.45) is 7.40. The van der Waals surface area contributed by atoms with Gasteiger partial charge in [-0.1, -0.05) is 6.07 Å². The molecule has 1 saturated heterocycles. The van der Waals surface area contributed by atoms with Crippen LogP contribution in [0.3, 0.4) is 0 Å². The van der Waals surface area contributed by atoms with Gasteiger partial charge >= 0.3 is 0 Å². The molecule has 26 heavy (non-hydrogen) atoms. The molecule has 3 heterocycles. The summed E-state index contributed by atoms with van der Waals surface area (Å²) in [6.45, 7) is 4.42. The number of imidazole rings is 1. The summed E-state index contributed by atoms with van der Waals surface area (Å²) in [5.41, 5.74) is 1.35. The number of nitrogens with one attached hydrogen (secondary N) is 1. The maximum absolute atomic E-state index is 14.5. The Morgan fingerprint density at radius 3 is 2.69 bits per heavy atom. The van der Waals surface area contributed by atoms with Gasteiger partial charge in [0.1, 0.15) is 29.6 Å². The van der Waals surface area contributed by atoms with E-state index in [4.69, 9.17) is 0 Å². The van der Waals surface area contributed by atoms with Crippen LogP contribution in [0.15, 0.2) is 43.0 Å². The first-order valence-electron chi connectivity index (χ1n) is 8.80. The fraction of sp³-hybridized carbons (Fsp3) is 0.316. The number of rotatable bonds is 5. The van der Waals surface area contributed by atoms with Crippen LogP contribution >= 0.6 is 0 Å². The van der Waals surface area contributed by atoms with Crippen LogP contribution in [0, 0.1) is 12.7 Å². The molecule has 0 aliphatic carbocycles. The van der Waals surface area contributed by atoms with Gasteiger partial charge in [-0.2, -0.15) is 0 Å². The summed E-state index contributed by atoms with van der Waals surface area (Å²) in [6, 6.07) is 7.18. The minimum absolute atomic E-state index is 0.272. The van der Waals surface area contributed by atoms with Crippen LogP contribution < -0.4 is 10.2 Å². The highest BCUT2D eigenvalue weighted by atomic mass is 19.1. The summed E-state index contributed by atoms with van der Waals surface area (Å²) in [4.78, 5) is 15.0. The summed E-state index contributed by atoms with van der Waals surface area (Å²) in [5, 5.41) is 3.25. The molecular weight excluding hydrogens is 331 g/mol. The molecule has 6 nitrogen and oxygen atoms in total. The Bertz CT molecular complexity index is 901. The molecule has 1 N–H and O–H groups in total. The van der Waals surface area contributed by atoms with Crippen molar-refractivity contribution in [3.05, 3.63) is 60.2 Å². The van der Waals surface area contributed by atoms with Crippen molar-refractivity contribution >= 4 is 11.6 Å². The van der Waals surface area contributed by atoms with Gasteiger partial charge in [-0.25, -0.2) is 19.3 Å². The van der Waals surface area contributed by atoms with E-state index in [1.807, 2.05) is 19.1 Å². The molecule has 0 atom stereocenters. The van der Waals surface area contributed by atoms with E-state index in [9.17, 15) is 4.39 Å². The number of halogens is 1. The Labute approximate surface area is 151 Å². The molecule has 0 amide bonds. The van der Waals surface area contributed by atoms with Crippen molar-refractivity contribution in [2.24, 2.45) is 0 Å². The van der Waals surface area contributed by atoms with Gasteiger partial charge in [0, 0.05) is 38.1 Å². The van der Waals surface area contributed by atoms with Crippen LogP contribution in [0.25, 0.3) is 5.69 Å². The Hall–Kier alpha value is -2.96. The Balaban J connectivity index is 1.46. The molecular formula is C19H21FN6. The van der Waals surface area contributed by atoms with E-state index < -0.39 is 0 Å². The van der Waals surface area contributed by atoms with Crippen molar-refractivity contribution in [2.45, 2.75) is 26.3 Å². The lowest BCUT2D eigenvalue weighted by Crippen LogP contribution is -2.19. The molecule has 0 radical (unpaired) electrons. The highest BCUT2D eigenvalue weighted by Gasteiger charge is 2.14. The van der Waals surface area contributed by atoms with Crippen LogP contribution in [-0.2, 0) is 6.54 Å². The number of nitrogens with zero attached hydrogens (tertiary/aromatic N) is 5. The SMILES string of the molecule is Cc1nccn1-c1ccc(CNc2cc(N3CCCC3)ncn2)cc1F. The standard InChI is InChI=1S/C19H21FN6/c1-14-21-6-9-26(14)17-5-4-15(10-16(17)20)12-22-18-11-19(24-13-23-18)25-7-2-3-8-25/h4-6,9-11,13H,2-3,7-8,12H2,1H3,(H,22,23,24). The lowest BCUT2D eigenvalue weighted by Gasteiger charge is -2.16. The van der Waals surface area contributed by atoms with E-state index >= 15 is 0 Å². The van der Waals surface area contributed by atoms with Crippen molar-refractivity contribution < 1.29 is 4.39 Å². The van der Waals surface area contributed by atoms with Gasteiger partial charge in [-0.3, -0.25) is 0 Å². The predicted octanol–water partition coefficient (Wildman–Crippen LogP) is 3.32. The lowest BCUT2D eigenvalue weighted by molar-refractivity contribution is 0.614. The fourth-order valence-corrected chi connectivity index (χ4v) is 3.24. The second-order valence-electron chi connectivity index (χ2n) is 6.44. The molecule has 0 saturated carbocycles. The molecule has 4 rings (SSSR count). The van der Waals surface area contributed by atoms with Crippen LogP contribution in [0.4, 0.5) is 16.0 Å². The summed E-state index contributed by atoms with van der Waals surface area (Å²) in [7, 11) is 0. The summed E-state index contributed by atoms with van der Waals surface area (Å²) in [5.74, 6) is 2.17. The number of hydrogen-bond acceptors (Lipinski definition) is 5. The molecule has 0 bridgehead atoms. The molecule has 3 aromatic rings. The number of aryl methyl sites for hydroxylation is 1. The molecule has 1 aromatic carbocycles. The Morgan fingerprint density at radius 2 is 1.96 bits per heavy atom. The van der Waals surface area contributed by atoms with E-state index in [0.29, 0.717) is 12.2 Å². The van der Waals surface area contributed by atoms with Gasteiger partial charge in [0.25, 0.3) is 0 Å². The minimum Gasteiger partial charge on any atom is -0.366 e. The van der Waals surface area contributed by atoms with Crippen LogP contribution in [0.5, 0.6) is 0 Å². The topological polar surface area (TPSA) is 58.9 Å². The fourth-order valence-electron chi connectivity index (χ4n) is 3.24. The molecule has 0 unspecified atom stereocenters. The van der Waals surface area contributed by atoms with Gasteiger partial charge in [-0.05, 0) is 37.5 Å². The van der Waals surface area contributed by atoms with Crippen molar-refractivity contribution in [3.8, 4) is 5.69 Å². The zero-order valence-electron chi connectivity index (χ0n) is 14.7. The van der Waals surface area contributed by atoms with Gasteiger partial charge in [-0.15, -0.1) is 0 Å². The van der Waals surface area contributed by atoms with Crippen molar-refractivity contribution in [1.82, 2.24) is 19.5 Å². The number of benzene rings is 1. The minimum atomic E-state index is -0.272. The maximum atomic E-state index is 14.5. The zero-order chi connectivity index (χ0) is 17.9. The molecule has 134 valence electrons. The molecule has 2 aromatic heterocycles. The Kier molecular flexibility index (Phi) is 4.51. The maximum Gasteiger partial charge on any atom is 0.147 e. The average Bonchev–Trinajstić information content (AvgIpc) is 3.32. The van der Waals surface area contributed by atoms with Gasteiger partial charge < -0.3 is 14.8 Å². The predicted molar refractivity (Wildman–Crippen MR) is 99.1 cm³/mol. The summed E-state index contributed by atoms with van der Waals surface area (Å²) >= 11 is 0. The van der Waals surface area contributed by atoms with Crippen molar-refractivity contribution in [3.63, 3.8) is 0 Å². The number of hydrogen-bond donors (Lipinski definition) is 1. The monoisotopic (exact) mass is 352 g/mol. The second-order valence-corrected chi connectivity index (χ2v) is 6.44. The van der Waals surface area contributed by atoms with Crippen molar-refractivity contribution in [2.75, 3.05) is 23.3 Å². The average molecular weight is 352 g/mol. The van der Waals surface area contributed by atoms with Gasteiger partial charge in [0.2, 0.25) is 0 Å². The zero-order valence-corrected chi connectivity index (χ0v) is 14.7. The van der Waals surface area contributed by atoms with Crippen molar-refractivity contribution in [1.29, 1.82) is 0 Å². The highest BCUT2D eigenvalue weighted by molar-refractivity contribution is 5.49. The van der Waals surface area contributed by atoms with E-state index in [0.717, 1.165) is 36.1 Å². The third-order valence-electron chi connectivity index (χ3n) is 4.65. The summed E-state index contributed by atoms with van der Waals surface area (Å²) < 4.78 is 16.2. The first-order chi connectivity index (χ1) is 12.7. The van der Waals surface area contributed by atoms with Crippen LogP contribution in [0.1, 0.15) is 24.2 Å². The largest absolute Gasteiger partial charge is 0.366 e. The molecule has 1 aliphatic rings. The normalized spacial score (nSPS) is 14.0. The van der Waals surface area contributed by atoms with Gasteiger partial charge in [0.15, 0.2) is 0 Å². The highest BCUT2D eigenvalue weighted by Crippen LogP contribution is 2.20. The Morgan fingerprint density at radius 1 is 1.12 bits per heavy atom. The van der Waals surface area contributed by atoms with Crippen LogP contribution in [-0.4, -0.2) is 32.6 Å². The molecule has 1 aliphatic heterocycles. The van der Waals surface area contributed by atoms with E-state index in [-0.39, 0.29) is 5.82 Å². The van der Waals surface area contributed by atoms with E-state index in [1.54, 1.807) is 35.4 Å². The smallest absolute Gasteiger partial charge is 0.147 e. The first-order valence-corrected chi connectivity index (χ1v) is 8.80. The lowest BCUT2D eigenvalue weighted by atomic mass is 10.2. The third-order valence-corrected chi connectivity index (χ3v) is 4.65. The molecule has 1 fully saturated rings. The van der Waals surface area contributed by atoms with E-state index in [1.165, 1.54) is 12.8 Å². The van der Waals surface area contributed by atoms with Gasteiger partial charge in [0.05, 0.1) is 5.69 Å². The molecule has 0 spiro atoms. The van der Waals surface area contributed by atoms with Crippen LogP contribution in [0.2, 0.25) is 0 Å². The second kappa shape index (κ2) is 7.11. The first kappa shape index (κ1) is 16.5. The third kappa shape index (κ3) is 3.37. The van der Waals surface area contributed by atoms with E-state index in [2.05, 4.69) is 25.2 Å². The quantitative estimate of drug-likeness (QED) is 0.763.